The third-order valence-electron chi connectivity index (χ3n) is 5.88. The summed E-state index contributed by atoms with van der Waals surface area (Å²) in [5.41, 5.74) is 1.32. The molecule has 1 saturated heterocycles. The molecule has 156 valence electrons. The average molecular weight is 408 g/mol. The lowest BCUT2D eigenvalue weighted by Gasteiger charge is -2.25. The van der Waals surface area contributed by atoms with Crippen molar-refractivity contribution in [3.8, 4) is 0 Å². The van der Waals surface area contributed by atoms with Crippen molar-refractivity contribution in [2.24, 2.45) is 0 Å². The van der Waals surface area contributed by atoms with E-state index in [9.17, 15) is 13.2 Å². The molecule has 0 unspecified atom stereocenters. The zero-order valence-corrected chi connectivity index (χ0v) is 17.9. The van der Waals surface area contributed by atoms with Crippen LogP contribution in [-0.2, 0) is 10.0 Å². The molecule has 0 atom stereocenters. The van der Waals surface area contributed by atoms with E-state index in [1.165, 1.54) is 37.7 Å². The van der Waals surface area contributed by atoms with E-state index in [0.717, 1.165) is 57.3 Å². The maximum absolute atomic E-state index is 13.2. The Kier molecular flexibility index (Phi) is 6.99. The monoisotopic (exact) mass is 407 g/mol. The van der Waals surface area contributed by atoms with E-state index in [1.54, 1.807) is 18.2 Å². The van der Waals surface area contributed by atoms with Crippen LogP contribution in [-0.4, -0.2) is 51.9 Å². The van der Waals surface area contributed by atoms with Gasteiger partial charge in [-0.1, -0.05) is 32.1 Å². The number of sulfonamides is 1. The minimum Gasteiger partial charge on any atom is -0.371 e. The van der Waals surface area contributed by atoms with Crippen molar-refractivity contribution in [3.63, 3.8) is 0 Å². The number of rotatable bonds is 5. The van der Waals surface area contributed by atoms with Gasteiger partial charge in [-0.05, 0) is 43.9 Å². The molecule has 1 N–H and O–H groups in total. The minimum absolute atomic E-state index is 0.150. The highest BCUT2D eigenvalue weighted by Crippen LogP contribution is 2.28. The van der Waals surface area contributed by atoms with Crippen LogP contribution < -0.4 is 10.2 Å². The fourth-order valence-corrected chi connectivity index (χ4v) is 5.09. The number of hydrogen-bond acceptors (Lipinski definition) is 4. The fraction of sp³-hybridized carbons (Fsp3) is 0.667. The summed E-state index contributed by atoms with van der Waals surface area (Å²) >= 11 is 0. The Balaban J connectivity index is 1.89. The summed E-state index contributed by atoms with van der Waals surface area (Å²) in [5, 5.41) is 3.20. The number of nitrogens with zero attached hydrogens (tertiary/aromatic N) is 2. The molecule has 0 aromatic heterocycles. The smallest absolute Gasteiger partial charge is 0.253 e. The lowest BCUT2D eigenvalue weighted by atomic mass is 9.96. The second-order valence-corrected chi connectivity index (χ2v) is 10.3. The van der Waals surface area contributed by atoms with E-state index in [1.807, 2.05) is 0 Å². The summed E-state index contributed by atoms with van der Waals surface area (Å²) in [4.78, 5) is 15.6. The Morgan fingerprint density at radius 2 is 1.61 bits per heavy atom. The SMILES string of the molecule is CN(C)S(=O)(=O)c1ccc(N2CCCC2)c(C(=O)NC2CCCCCCC2)c1. The molecule has 7 heteroatoms. The predicted octanol–water partition coefficient (Wildman–Crippen LogP) is 3.38. The van der Waals surface area contributed by atoms with Gasteiger partial charge in [0.15, 0.2) is 0 Å². The van der Waals surface area contributed by atoms with Gasteiger partial charge in [-0.25, -0.2) is 12.7 Å². The Morgan fingerprint density at radius 3 is 2.21 bits per heavy atom. The quantitative estimate of drug-likeness (QED) is 0.812. The zero-order chi connectivity index (χ0) is 20.1. The maximum Gasteiger partial charge on any atom is 0.253 e. The van der Waals surface area contributed by atoms with E-state index in [0.29, 0.717) is 5.56 Å². The third-order valence-corrected chi connectivity index (χ3v) is 7.69. The first-order valence-electron chi connectivity index (χ1n) is 10.5. The van der Waals surface area contributed by atoms with Crippen LogP contribution >= 0.6 is 0 Å². The number of nitrogens with one attached hydrogen (secondary N) is 1. The topological polar surface area (TPSA) is 69.7 Å². The van der Waals surface area contributed by atoms with E-state index in [-0.39, 0.29) is 16.8 Å². The molecule has 0 bridgehead atoms. The Hall–Kier alpha value is -1.60. The van der Waals surface area contributed by atoms with Crippen LogP contribution in [0, 0.1) is 0 Å². The highest BCUT2D eigenvalue weighted by molar-refractivity contribution is 7.89. The number of benzene rings is 1. The summed E-state index contributed by atoms with van der Waals surface area (Å²) in [6, 6.07) is 5.15. The fourth-order valence-electron chi connectivity index (χ4n) is 4.17. The Morgan fingerprint density at radius 1 is 1.00 bits per heavy atom. The van der Waals surface area contributed by atoms with Gasteiger partial charge < -0.3 is 10.2 Å². The van der Waals surface area contributed by atoms with Crippen LogP contribution in [0.2, 0.25) is 0 Å². The van der Waals surface area contributed by atoms with Gasteiger partial charge in [-0.15, -0.1) is 0 Å². The maximum atomic E-state index is 13.2. The van der Waals surface area contributed by atoms with Crippen molar-refractivity contribution in [1.82, 2.24) is 9.62 Å². The number of carbonyl (C=O) groups is 1. The third kappa shape index (κ3) is 4.87. The molecular formula is C21H33N3O3S. The second-order valence-electron chi connectivity index (χ2n) is 8.18. The lowest BCUT2D eigenvalue weighted by Crippen LogP contribution is -2.36. The van der Waals surface area contributed by atoms with Gasteiger partial charge in [0, 0.05) is 38.9 Å². The molecule has 1 aromatic rings. The summed E-state index contributed by atoms with van der Waals surface area (Å²) in [5.74, 6) is -0.150. The van der Waals surface area contributed by atoms with E-state index >= 15 is 0 Å². The summed E-state index contributed by atoms with van der Waals surface area (Å²) < 4.78 is 26.4. The number of anilines is 1. The molecule has 1 amide bonds. The molecule has 1 aliphatic heterocycles. The van der Waals surface area contributed by atoms with Gasteiger partial charge in [0.25, 0.3) is 5.91 Å². The van der Waals surface area contributed by atoms with Crippen molar-refractivity contribution in [1.29, 1.82) is 0 Å². The summed E-state index contributed by atoms with van der Waals surface area (Å²) in [7, 11) is -0.558. The highest BCUT2D eigenvalue weighted by atomic mass is 32.2. The Bertz CT molecular complexity index is 778. The van der Waals surface area contributed by atoms with E-state index in [4.69, 9.17) is 0 Å². The van der Waals surface area contributed by atoms with Crippen LogP contribution in [0.1, 0.15) is 68.1 Å². The molecule has 2 fully saturated rings. The van der Waals surface area contributed by atoms with Crippen molar-refractivity contribution in [3.05, 3.63) is 23.8 Å². The van der Waals surface area contributed by atoms with Crippen LogP contribution in [0.25, 0.3) is 0 Å². The molecule has 1 aliphatic carbocycles. The average Bonchev–Trinajstić information content (AvgIpc) is 3.17. The van der Waals surface area contributed by atoms with Gasteiger partial charge in [0.05, 0.1) is 10.5 Å². The van der Waals surface area contributed by atoms with Crippen molar-refractivity contribution in [2.45, 2.75) is 68.7 Å². The molecule has 2 aliphatic rings. The van der Waals surface area contributed by atoms with Gasteiger partial charge in [0.1, 0.15) is 0 Å². The molecule has 0 radical (unpaired) electrons. The van der Waals surface area contributed by atoms with Gasteiger partial charge in [-0.2, -0.15) is 0 Å². The molecule has 1 aromatic carbocycles. The van der Waals surface area contributed by atoms with Crippen LogP contribution in [0.3, 0.4) is 0 Å². The number of hydrogen-bond donors (Lipinski definition) is 1. The second kappa shape index (κ2) is 9.27. The van der Waals surface area contributed by atoms with Crippen molar-refractivity contribution in [2.75, 3.05) is 32.1 Å². The van der Waals surface area contributed by atoms with E-state index < -0.39 is 10.0 Å². The molecule has 1 heterocycles. The predicted molar refractivity (Wildman–Crippen MR) is 112 cm³/mol. The molecule has 0 spiro atoms. The number of carbonyl (C=O) groups excluding carboxylic acids is 1. The zero-order valence-electron chi connectivity index (χ0n) is 17.1. The molecule has 6 nitrogen and oxygen atoms in total. The summed E-state index contributed by atoms with van der Waals surface area (Å²) in [6.07, 6.45) is 10.2. The first-order chi connectivity index (χ1) is 13.4. The van der Waals surface area contributed by atoms with Crippen molar-refractivity contribution >= 4 is 21.6 Å². The first-order valence-corrected chi connectivity index (χ1v) is 12.0. The minimum atomic E-state index is -3.58. The van der Waals surface area contributed by atoms with Gasteiger partial charge in [0.2, 0.25) is 10.0 Å². The standard InChI is InChI=1S/C21H33N3O3S/c1-23(2)28(26,27)18-12-13-20(24-14-8-9-15-24)19(16-18)21(25)22-17-10-6-4-3-5-7-11-17/h12-13,16-17H,3-11,14-15H2,1-2H3,(H,22,25). The Labute approximate surface area is 169 Å². The molecule has 3 rings (SSSR count). The normalized spacial score (nSPS) is 19.5. The van der Waals surface area contributed by atoms with Gasteiger partial charge >= 0.3 is 0 Å². The highest BCUT2D eigenvalue weighted by Gasteiger charge is 2.25. The van der Waals surface area contributed by atoms with Crippen molar-refractivity contribution < 1.29 is 13.2 Å². The first kappa shape index (κ1) is 21.1. The van der Waals surface area contributed by atoms with E-state index in [2.05, 4.69) is 10.2 Å². The summed E-state index contributed by atoms with van der Waals surface area (Å²) in [6.45, 7) is 1.81. The number of amides is 1. The largest absolute Gasteiger partial charge is 0.371 e. The molecule has 1 saturated carbocycles. The lowest BCUT2D eigenvalue weighted by molar-refractivity contribution is 0.0930. The van der Waals surface area contributed by atoms with Crippen LogP contribution in [0.5, 0.6) is 0 Å². The molecular weight excluding hydrogens is 374 g/mol. The van der Waals surface area contributed by atoms with Crippen LogP contribution in [0.15, 0.2) is 23.1 Å². The molecule has 28 heavy (non-hydrogen) atoms. The van der Waals surface area contributed by atoms with Crippen LogP contribution in [0.4, 0.5) is 5.69 Å². The van der Waals surface area contributed by atoms with Gasteiger partial charge in [-0.3, -0.25) is 4.79 Å².